The van der Waals surface area contributed by atoms with Crippen LogP contribution in [0.3, 0.4) is 0 Å². The molecule has 0 bridgehead atoms. The Morgan fingerprint density at radius 2 is 1.25 bits per heavy atom. The van der Waals surface area contributed by atoms with Crippen LogP contribution >= 0.6 is 24.2 Å². The minimum Gasteiger partial charge on any atom is -0.494 e. The third-order valence-corrected chi connectivity index (χ3v) is 10.5. The molecule has 278 valence electrons. The summed E-state index contributed by atoms with van der Waals surface area (Å²) >= 11 is 11.7. The van der Waals surface area contributed by atoms with E-state index in [0.717, 1.165) is 33.6 Å². The molecule has 0 radical (unpaired) electrons. The highest BCUT2D eigenvalue weighted by molar-refractivity contribution is 7.80. The summed E-state index contributed by atoms with van der Waals surface area (Å²) in [5.74, 6) is -0.690. The van der Waals surface area contributed by atoms with Gasteiger partial charge in [0.25, 0.3) is 0 Å². The van der Waals surface area contributed by atoms with Gasteiger partial charge in [0, 0.05) is 23.4 Å². The molecular formula is C44H47ClO7S. The molecule has 0 amide bonds. The lowest BCUT2D eigenvalue weighted by atomic mass is 9.81. The van der Waals surface area contributed by atoms with E-state index in [4.69, 9.17) is 52.7 Å². The lowest BCUT2D eigenvalue weighted by molar-refractivity contribution is -0.408. The van der Waals surface area contributed by atoms with E-state index in [-0.39, 0.29) is 25.6 Å². The third kappa shape index (κ3) is 9.16. The van der Waals surface area contributed by atoms with Gasteiger partial charge in [0.1, 0.15) is 29.7 Å². The number of thiol groups is 1. The summed E-state index contributed by atoms with van der Waals surface area (Å²) in [6.45, 7) is 2.85. The molecule has 5 aromatic carbocycles. The molecule has 0 aromatic heterocycles. The van der Waals surface area contributed by atoms with Crippen molar-refractivity contribution < 1.29 is 33.5 Å². The van der Waals surface area contributed by atoms with E-state index < -0.39 is 36.3 Å². The number of rotatable bonds is 17. The van der Waals surface area contributed by atoms with Crippen LogP contribution in [0.1, 0.15) is 40.3 Å². The van der Waals surface area contributed by atoms with Gasteiger partial charge in [-0.3, -0.25) is 0 Å². The Labute approximate surface area is 323 Å². The van der Waals surface area contributed by atoms with Gasteiger partial charge < -0.3 is 33.5 Å². The molecule has 1 aliphatic rings. The van der Waals surface area contributed by atoms with E-state index >= 15 is 0 Å². The monoisotopic (exact) mass is 754 g/mol. The predicted octanol–water partition coefficient (Wildman–Crippen LogP) is 8.58. The maximum atomic E-state index is 11.3. The van der Waals surface area contributed by atoms with Crippen LogP contribution in [-0.4, -0.2) is 55.1 Å². The zero-order chi connectivity index (χ0) is 37.1. The first-order valence-corrected chi connectivity index (χ1v) is 18.9. The summed E-state index contributed by atoms with van der Waals surface area (Å²) in [7, 11) is 1.58. The van der Waals surface area contributed by atoms with E-state index in [1.165, 1.54) is 0 Å². The van der Waals surface area contributed by atoms with E-state index in [1.807, 2.05) is 140 Å². The van der Waals surface area contributed by atoms with Crippen molar-refractivity contribution in [1.29, 1.82) is 0 Å². The second kappa shape index (κ2) is 18.6. The first-order chi connectivity index (χ1) is 25.9. The molecule has 53 heavy (non-hydrogen) atoms. The van der Waals surface area contributed by atoms with Crippen LogP contribution in [0.2, 0.25) is 5.02 Å². The lowest BCUT2D eigenvalue weighted by Crippen LogP contribution is -2.72. The Kier molecular flexibility index (Phi) is 13.7. The highest BCUT2D eigenvalue weighted by atomic mass is 35.5. The summed E-state index contributed by atoms with van der Waals surface area (Å²) in [6.07, 6.45) is -1.98. The van der Waals surface area contributed by atoms with Crippen LogP contribution < -0.4 is 4.74 Å². The molecule has 5 atom stereocenters. The van der Waals surface area contributed by atoms with Gasteiger partial charge in [0.05, 0.1) is 33.0 Å². The number of hydrogen-bond donors (Lipinski definition) is 2. The molecule has 7 nitrogen and oxygen atoms in total. The number of aliphatic hydroxyl groups excluding tert-OH is 1. The van der Waals surface area contributed by atoms with Crippen molar-refractivity contribution in [3.8, 4) is 5.75 Å². The summed E-state index contributed by atoms with van der Waals surface area (Å²) < 4.78 is 39.9. The van der Waals surface area contributed by atoms with Gasteiger partial charge in [0.15, 0.2) is 0 Å². The zero-order valence-corrected chi connectivity index (χ0v) is 31.8. The van der Waals surface area contributed by atoms with Crippen LogP contribution in [0, 0.1) is 0 Å². The Morgan fingerprint density at radius 3 is 1.75 bits per heavy atom. The van der Waals surface area contributed by atoms with E-state index in [0.29, 0.717) is 23.6 Å². The molecule has 0 aliphatic carbocycles. The molecule has 9 heteroatoms. The van der Waals surface area contributed by atoms with Gasteiger partial charge in [0.2, 0.25) is 5.79 Å². The quantitative estimate of drug-likeness (QED) is 0.0922. The molecule has 0 saturated carbocycles. The highest BCUT2D eigenvalue weighted by Gasteiger charge is 2.64. The summed E-state index contributed by atoms with van der Waals surface area (Å²) in [6, 6.07) is 43.4. The van der Waals surface area contributed by atoms with E-state index in [2.05, 4.69) is 0 Å². The topological polar surface area (TPSA) is 75.6 Å². The number of ether oxygens (including phenoxy) is 6. The number of hydrogen-bond acceptors (Lipinski definition) is 8. The molecule has 6 rings (SSSR count). The number of benzene rings is 5. The fourth-order valence-corrected chi connectivity index (χ4v) is 7.35. The fraction of sp³-hybridized carbons (Fsp3) is 0.318. The minimum absolute atomic E-state index is 0.0945. The van der Waals surface area contributed by atoms with Crippen LogP contribution in [0.15, 0.2) is 133 Å². The van der Waals surface area contributed by atoms with Crippen molar-refractivity contribution in [3.63, 3.8) is 0 Å². The average Bonchev–Trinajstić information content (AvgIpc) is 3.21. The van der Waals surface area contributed by atoms with Gasteiger partial charge >= 0.3 is 0 Å². The van der Waals surface area contributed by atoms with Crippen molar-refractivity contribution in [3.05, 3.63) is 172 Å². The largest absolute Gasteiger partial charge is 0.494 e. The molecule has 1 saturated heterocycles. The first kappa shape index (κ1) is 39.0. The molecule has 1 aliphatic heterocycles. The second-order valence-electron chi connectivity index (χ2n) is 13.1. The van der Waals surface area contributed by atoms with Crippen LogP contribution in [0.5, 0.6) is 5.75 Å². The highest BCUT2D eigenvalue weighted by Crippen LogP contribution is 2.48. The van der Waals surface area contributed by atoms with Crippen LogP contribution in [0.25, 0.3) is 0 Å². The zero-order valence-electron chi connectivity index (χ0n) is 30.1. The Hall–Kier alpha value is -3.70. The number of aliphatic hydroxyl groups is 1. The van der Waals surface area contributed by atoms with E-state index in [9.17, 15) is 5.11 Å². The molecule has 1 heterocycles. The first-order valence-electron chi connectivity index (χ1n) is 17.9. The molecule has 0 spiro atoms. The van der Waals surface area contributed by atoms with Crippen molar-refractivity contribution >= 4 is 24.2 Å². The lowest BCUT2D eigenvalue weighted by Gasteiger charge is -2.56. The Bertz CT molecular complexity index is 1840. The minimum atomic E-state index is -1.59. The standard InChI is InChI=1S/C44H47ClO7S/c1-3-48-38-22-19-32(20-23-38)25-36-26-37(21-24-39(36)45)44(47-2)42(51-29-35-17-11-6-12-18-35)40(49-27-33-13-7-4-8-14-33)41(43(30-46,31-53)52-44)50-28-34-15-9-5-10-16-34/h4-24,26,40-42,46,53H,3,25,27-31H2,1-2H3/t40-,41-,42+,43-,44-/m0/s1. The molecule has 1 fully saturated rings. The van der Waals surface area contributed by atoms with Crippen molar-refractivity contribution in [2.75, 3.05) is 26.1 Å². The van der Waals surface area contributed by atoms with Gasteiger partial charge in [-0.25, -0.2) is 0 Å². The third-order valence-electron chi connectivity index (χ3n) is 9.59. The van der Waals surface area contributed by atoms with Crippen LogP contribution in [0.4, 0.5) is 0 Å². The van der Waals surface area contributed by atoms with E-state index in [1.54, 1.807) is 7.11 Å². The average molecular weight is 755 g/mol. The fourth-order valence-electron chi connectivity index (χ4n) is 6.82. The van der Waals surface area contributed by atoms with Crippen molar-refractivity contribution in [1.82, 2.24) is 0 Å². The molecule has 0 unspecified atom stereocenters. The smallest absolute Gasteiger partial charge is 0.225 e. The van der Waals surface area contributed by atoms with Crippen molar-refractivity contribution in [2.45, 2.75) is 62.9 Å². The maximum absolute atomic E-state index is 11.3. The van der Waals surface area contributed by atoms with Gasteiger partial charge in [-0.15, -0.1) is 0 Å². The molecule has 5 aromatic rings. The SMILES string of the molecule is CCOc1ccc(Cc2cc([C@]3(OC)O[C@@](CO)(CS)[C@@H](OCc4ccccc4)[C@H](OCc4ccccc4)[C@H]3OCc3ccccc3)ccc2Cl)cc1. The Balaban J connectivity index is 1.46. The number of halogens is 1. The Morgan fingerprint density at radius 1 is 0.698 bits per heavy atom. The summed E-state index contributed by atoms with van der Waals surface area (Å²) in [5.41, 5.74) is 4.08. The summed E-state index contributed by atoms with van der Waals surface area (Å²) in [5, 5.41) is 11.9. The predicted molar refractivity (Wildman–Crippen MR) is 210 cm³/mol. The molecular weight excluding hydrogens is 708 g/mol. The maximum Gasteiger partial charge on any atom is 0.225 e. The van der Waals surface area contributed by atoms with Gasteiger partial charge in [-0.05, 0) is 65.4 Å². The molecule has 1 N–H and O–H groups in total. The van der Waals surface area contributed by atoms with Gasteiger partial charge in [-0.2, -0.15) is 12.6 Å². The number of methoxy groups -OCH3 is 1. The summed E-state index contributed by atoms with van der Waals surface area (Å²) in [4.78, 5) is 0. The normalized spacial score (nSPS) is 22.8. The van der Waals surface area contributed by atoms with Crippen molar-refractivity contribution in [2.24, 2.45) is 0 Å². The van der Waals surface area contributed by atoms with Gasteiger partial charge in [-0.1, -0.05) is 121 Å². The van der Waals surface area contributed by atoms with Crippen LogP contribution in [-0.2, 0) is 55.7 Å². The second-order valence-corrected chi connectivity index (χ2v) is 13.8.